The van der Waals surface area contributed by atoms with E-state index in [1.54, 1.807) is 38.4 Å². The molecule has 0 bridgehead atoms. The zero-order valence-corrected chi connectivity index (χ0v) is 10.5. The van der Waals surface area contributed by atoms with Crippen LogP contribution in [-0.2, 0) is 7.05 Å². The van der Waals surface area contributed by atoms with Gasteiger partial charge in [0.25, 0.3) is 0 Å². The topological polar surface area (TPSA) is 82.6 Å². The Balaban J connectivity index is 2.20. The molecule has 0 aliphatic carbocycles. The molecule has 0 amide bonds. The summed E-state index contributed by atoms with van der Waals surface area (Å²) in [4.78, 5) is 18.3. The quantitative estimate of drug-likeness (QED) is 0.478. The van der Waals surface area contributed by atoms with Gasteiger partial charge in [-0.2, -0.15) is 0 Å². The Hall–Kier alpha value is -2.70. The fourth-order valence-electron chi connectivity index (χ4n) is 1.50. The van der Waals surface area contributed by atoms with E-state index in [1.165, 1.54) is 17.0 Å². The fourth-order valence-corrected chi connectivity index (χ4v) is 1.50. The molecule has 19 heavy (non-hydrogen) atoms. The zero-order chi connectivity index (χ0) is 13.8. The highest BCUT2D eigenvalue weighted by Crippen LogP contribution is 2.18. The molecule has 0 fully saturated rings. The van der Waals surface area contributed by atoms with Crippen LogP contribution < -0.4 is 4.74 Å². The Morgan fingerprint density at radius 1 is 1.42 bits per heavy atom. The molecule has 0 aliphatic rings. The number of benzene rings is 1. The first-order valence-corrected chi connectivity index (χ1v) is 5.46. The molecule has 98 valence electrons. The van der Waals surface area contributed by atoms with E-state index in [9.17, 15) is 10.1 Å². The number of rotatable bonds is 4. The number of nitro groups is 1. The highest BCUT2D eigenvalue weighted by atomic mass is 16.6. The summed E-state index contributed by atoms with van der Waals surface area (Å²) in [6.07, 6.45) is 2.68. The lowest BCUT2D eigenvalue weighted by Crippen LogP contribution is -2.00. The predicted molar refractivity (Wildman–Crippen MR) is 70.1 cm³/mol. The highest BCUT2D eigenvalue weighted by Gasteiger charge is 2.14. The standard InChI is InChI=1S/C12H12N4O3/c1-15-11(14-8-12(15)16(17)18)7-13-9-3-5-10(19-2)6-4-9/h3-8H,1-2H3. The first kappa shape index (κ1) is 12.7. The number of hydrogen-bond acceptors (Lipinski definition) is 5. The van der Waals surface area contributed by atoms with E-state index in [0.717, 1.165) is 5.75 Å². The average Bonchev–Trinajstić information content (AvgIpc) is 2.78. The van der Waals surface area contributed by atoms with Crippen molar-refractivity contribution in [3.8, 4) is 5.75 Å². The molecule has 1 aromatic carbocycles. The van der Waals surface area contributed by atoms with E-state index in [0.29, 0.717) is 11.5 Å². The Bertz CT molecular complexity index is 616. The summed E-state index contributed by atoms with van der Waals surface area (Å²) in [5.74, 6) is 1.09. The van der Waals surface area contributed by atoms with E-state index in [1.807, 2.05) is 0 Å². The van der Waals surface area contributed by atoms with Crippen LogP contribution >= 0.6 is 0 Å². The molecule has 2 rings (SSSR count). The van der Waals surface area contributed by atoms with Gasteiger partial charge in [-0.3, -0.25) is 4.99 Å². The lowest BCUT2D eigenvalue weighted by atomic mass is 10.3. The number of imidazole rings is 1. The maximum Gasteiger partial charge on any atom is 0.342 e. The van der Waals surface area contributed by atoms with Crippen molar-refractivity contribution in [1.29, 1.82) is 0 Å². The van der Waals surface area contributed by atoms with Gasteiger partial charge in [0, 0.05) is 0 Å². The minimum absolute atomic E-state index is 0.0730. The number of hydrogen-bond donors (Lipinski definition) is 0. The fraction of sp³-hybridized carbons (Fsp3) is 0.167. The summed E-state index contributed by atoms with van der Waals surface area (Å²) in [5.41, 5.74) is 0.714. The monoisotopic (exact) mass is 260 g/mol. The summed E-state index contributed by atoms with van der Waals surface area (Å²) in [6, 6.07) is 7.14. The van der Waals surface area contributed by atoms with Gasteiger partial charge in [0.05, 0.1) is 26.1 Å². The molecule has 1 aromatic heterocycles. The molecule has 7 heteroatoms. The summed E-state index contributed by atoms with van der Waals surface area (Å²) in [6.45, 7) is 0. The Morgan fingerprint density at radius 2 is 2.11 bits per heavy atom. The van der Waals surface area contributed by atoms with Crippen LogP contribution in [0.1, 0.15) is 5.82 Å². The van der Waals surface area contributed by atoms with Crippen LogP contribution in [0, 0.1) is 10.1 Å². The molecule has 0 aliphatic heterocycles. The summed E-state index contributed by atoms with van der Waals surface area (Å²) in [7, 11) is 3.16. The molecule has 1 heterocycles. The largest absolute Gasteiger partial charge is 0.497 e. The van der Waals surface area contributed by atoms with Crippen molar-refractivity contribution in [3.63, 3.8) is 0 Å². The number of aromatic nitrogens is 2. The number of aliphatic imine (C=N–C) groups is 1. The second-order valence-electron chi connectivity index (χ2n) is 3.75. The van der Waals surface area contributed by atoms with Gasteiger partial charge in [0.15, 0.2) is 0 Å². The third kappa shape index (κ3) is 2.76. The SMILES string of the molecule is COc1ccc(N=Cc2ncc([N+](=O)[O-])n2C)cc1. The average molecular weight is 260 g/mol. The van der Waals surface area contributed by atoms with Gasteiger partial charge in [-0.15, -0.1) is 0 Å². The van der Waals surface area contributed by atoms with E-state index in [-0.39, 0.29) is 5.82 Å². The van der Waals surface area contributed by atoms with Crippen molar-refractivity contribution in [1.82, 2.24) is 9.55 Å². The van der Waals surface area contributed by atoms with Crippen molar-refractivity contribution in [3.05, 3.63) is 46.4 Å². The van der Waals surface area contributed by atoms with Gasteiger partial charge in [0.2, 0.25) is 5.82 Å². The van der Waals surface area contributed by atoms with Crippen molar-refractivity contribution < 1.29 is 9.66 Å². The van der Waals surface area contributed by atoms with E-state index in [2.05, 4.69) is 9.98 Å². The molecule has 0 saturated carbocycles. The van der Waals surface area contributed by atoms with Gasteiger partial charge in [-0.1, -0.05) is 0 Å². The maximum atomic E-state index is 10.7. The molecule has 7 nitrogen and oxygen atoms in total. The minimum atomic E-state index is -0.488. The third-order valence-electron chi connectivity index (χ3n) is 2.59. The second-order valence-corrected chi connectivity index (χ2v) is 3.75. The van der Waals surface area contributed by atoms with Crippen molar-refractivity contribution >= 4 is 17.7 Å². The Kier molecular flexibility index (Phi) is 3.56. The van der Waals surface area contributed by atoms with Crippen LogP contribution in [0.2, 0.25) is 0 Å². The Morgan fingerprint density at radius 3 is 2.63 bits per heavy atom. The maximum absolute atomic E-state index is 10.7. The molecule has 0 atom stereocenters. The van der Waals surface area contributed by atoms with Crippen molar-refractivity contribution in [2.75, 3.05) is 7.11 Å². The normalized spacial score (nSPS) is 10.8. The minimum Gasteiger partial charge on any atom is -0.497 e. The third-order valence-corrected chi connectivity index (χ3v) is 2.59. The van der Waals surface area contributed by atoms with Gasteiger partial charge in [-0.05, 0) is 29.2 Å². The molecule has 0 saturated heterocycles. The van der Waals surface area contributed by atoms with Crippen molar-refractivity contribution in [2.45, 2.75) is 0 Å². The van der Waals surface area contributed by atoms with Gasteiger partial charge < -0.3 is 14.9 Å². The summed E-state index contributed by atoms with van der Waals surface area (Å²) < 4.78 is 6.41. The van der Waals surface area contributed by atoms with Crippen LogP contribution in [0.25, 0.3) is 0 Å². The zero-order valence-electron chi connectivity index (χ0n) is 10.5. The predicted octanol–water partition coefficient (Wildman–Crippen LogP) is 2.09. The molecular weight excluding hydrogens is 248 g/mol. The van der Waals surface area contributed by atoms with Crippen LogP contribution in [0.15, 0.2) is 35.5 Å². The lowest BCUT2D eigenvalue weighted by Gasteiger charge is -1.98. The lowest BCUT2D eigenvalue weighted by molar-refractivity contribution is -0.391. The molecule has 0 spiro atoms. The smallest absolute Gasteiger partial charge is 0.342 e. The van der Waals surface area contributed by atoms with Gasteiger partial charge >= 0.3 is 5.82 Å². The van der Waals surface area contributed by atoms with Crippen LogP contribution in [0.5, 0.6) is 5.75 Å². The van der Waals surface area contributed by atoms with Gasteiger partial charge in [-0.25, -0.2) is 9.55 Å². The van der Waals surface area contributed by atoms with E-state index >= 15 is 0 Å². The van der Waals surface area contributed by atoms with E-state index < -0.39 is 4.92 Å². The summed E-state index contributed by atoms with van der Waals surface area (Å²) >= 11 is 0. The van der Waals surface area contributed by atoms with Crippen LogP contribution in [0.4, 0.5) is 11.5 Å². The van der Waals surface area contributed by atoms with Crippen LogP contribution in [-0.4, -0.2) is 27.8 Å². The molecule has 0 radical (unpaired) electrons. The second kappa shape index (κ2) is 5.30. The van der Waals surface area contributed by atoms with Gasteiger partial charge in [0.1, 0.15) is 11.9 Å². The summed E-state index contributed by atoms with van der Waals surface area (Å²) in [5, 5.41) is 10.7. The number of methoxy groups -OCH3 is 1. The van der Waals surface area contributed by atoms with Crippen molar-refractivity contribution in [2.24, 2.45) is 12.0 Å². The number of nitrogens with zero attached hydrogens (tertiary/aromatic N) is 4. The van der Waals surface area contributed by atoms with E-state index in [4.69, 9.17) is 4.74 Å². The first-order chi connectivity index (χ1) is 9.11. The molecular formula is C12H12N4O3. The number of ether oxygens (including phenoxy) is 1. The van der Waals surface area contributed by atoms with Crippen LogP contribution in [0.3, 0.4) is 0 Å². The first-order valence-electron chi connectivity index (χ1n) is 5.46. The Labute approximate surface area is 109 Å². The molecule has 0 N–H and O–H groups in total. The molecule has 0 unspecified atom stereocenters. The highest BCUT2D eigenvalue weighted by molar-refractivity contribution is 5.78. The molecule has 2 aromatic rings.